The maximum atomic E-state index is 13.3. The lowest BCUT2D eigenvalue weighted by Crippen LogP contribution is -2.21. The van der Waals surface area contributed by atoms with Crippen molar-refractivity contribution in [3.05, 3.63) is 65.7 Å². The number of methoxy groups -OCH3 is 3. The summed E-state index contributed by atoms with van der Waals surface area (Å²) >= 11 is 0. The molecule has 0 atom stereocenters. The first-order chi connectivity index (χ1) is 19.5. The average molecular weight is 599 g/mol. The fraction of sp³-hybridized carbons (Fsp3) is 0.231. The number of rotatable bonds is 11. The van der Waals surface area contributed by atoms with Gasteiger partial charge in [-0.05, 0) is 42.3 Å². The fourth-order valence-corrected chi connectivity index (χ4v) is 6.03. The fourth-order valence-electron chi connectivity index (χ4n) is 4.04. The van der Waals surface area contributed by atoms with Crippen molar-refractivity contribution in [1.82, 2.24) is 19.7 Å². The Morgan fingerprint density at radius 3 is 2.22 bits per heavy atom. The molecule has 2 aromatic carbocycles. The van der Waals surface area contributed by atoms with Gasteiger partial charge < -0.3 is 14.2 Å². The van der Waals surface area contributed by atoms with Crippen molar-refractivity contribution in [1.29, 1.82) is 5.26 Å². The Bertz CT molecular complexity index is 1830. The minimum absolute atomic E-state index is 0.111. The topological polar surface area (TPSA) is 175 Å². The summed E-state index contributed by atoms with van der Waals surface area (Å²) in [4.78, 5) is 4.30. The van der Waals surface area contributed by atoms with Gasteiger partial charge in [0.25, 0.3) is 0 Å². The van der Waals surface area contributed by atoms with Gasteiger partial charge in [0.2, 0.25) is 21.9 Å². The van der Waals surface area contributed by atoms with Crippen LogP contribution in [0.3, 0.4) is 0 Å². The van der Waals surface area contributed by atoms with Gasteiger partial charge in [0.1, 0.15) is 22.9 Å². The number of nitrogens with one attached hydrogen (secondary N) is 1. The molecule has 0 saturated carbocycles. The summed E-state index contributed by atoms with van der Waals surface area (Å²) in [6, 6.07) is 16.0. The number of aromatic nitrogens is 4. The van der Waals surface area contributed by atoms with E-state index >= 15 is 0 Å². The van der Waals surface area contributed by atoms with E-state index < -0.39 is 25.6 Å². The van der Waals surface area contributed by atoms with Crippen LogP contribution in [0, 0.1) is 11.3 Å². The number of nitrogens with zero attached hydrogens (tertiary/aromatic N) is 5. The predicted octanol–water partition coefficient (Wildman–Crippen LogP) is 2.61. The monoisotopic (exact) mass is 598 g/mol. The molecule has 4 aromatic rings. The number of sulfonamides is 1. The zero-order valence-corrected chi connectivity index (χ0v) is 24.2. The Hall–Kier alpha value is -4.68. The van der Waals surface area contributed by atoms with E-state index in [0.717, 1.165) is 6.26 Å². The highest BCUT2D eigenvalue weighted by molar-refractivity contribution is 7.92. The number of hydrogen-bond acceptors (Lipinski definition) is 11. The SMILES string of the molecule is COc1cccc(-c2nnc(NS(=O)(=O)CCc3ccc(C#N)cc3S(C)(=O)=O)n2-c2c(OC)cccc2OC)n1. The quantitative estimate of drug-likeness (QED) is 0.269. The van der Waals surface area contributed by atoms with E-state index in [0.29, 0.717) is 28.8 Å². The molecule has 2 heterocycles. The van der Waals surface area contributed by atoms with Crippen LogP contribution in [0.4, 0.5) is 5.95 Å². The molecular weight excluding hydrogens is 572 g/mol. The summed E-state index contributed by atoms with van der Waals surface area (Å²) < 4.78 is 71.4. The molecule has 13 nitrogen and oxygen atoms in total. The third-order valence-corrected chi connectivity index (χ3v) is 8.35. The van der Waals surface area contributed by atoms with Crippen molar-refractivity contribution < 1.29 is 31.0 Å². The van der Waals surface area contributed by atoms with E-state index in [1.807, 2.05) is 6.07 Å². The van der Waals surface area contributed by atoms with Crippen molar-refractivity contribution >= 4 is 25.8 Å². The van der Waals surface area contributed by atoms with Crippen molar-refractivity contribution in [2.75, 3.05) is 38.1 Å². The van der Waals surface area contributed by atoms with Gasteiger partial charge in [0, 0.05) is 12.3 Å². The summed E-state index contributed by atoms with van der Waals surface area (Å²) in [6.45, 7) is 0. The normalized spacial score (nSPS) is 11.5. The Morgan fingerprint density at radius 2 is 1.61 bits per heavy atom. The molecule has 214 valence electrons. The number of pyridine rings is 1. The van der Waals surface area contributed by atoms with E-state index in [1.54, 1.807) is 36.4 Å². The number of sulfone groups is 1. The highest BCUT2D eigenvalue weighted by atomic mass is 32.2. The van der Waals surface area contributed by atoms with Gasteiger partial charge in [-0.25, -0.2) is 21.8 Å². The molecule has 0 spiro atoms. The number of anilines is 1. The van der Waals surface area contributed by atoms with Gasteiger partial charge in [0.15, 0.2) is 15.7 Å². The first kappa shape index (κ1) is 29.3. The summed E-state index contributed by atoms with van der Waals surface area (Å²) in [6.07, 6.45) is 0.844. The molecule has 4 rings (SSSR count). The number of aryl methyl sites for hydroxylation is 1. The molecule has 0 aliphatic carbocycles. The number of hydrogen-bond donors (Lipinski definition) is 1. The first-order valence-corrected chi connectivity index (χ1v) is 15.5. The van der Waals surface area contributed by atoms with Crippen LogP contribution in [0.2, 0.25) is 0 Å². The average Bonchev–Trinajstić information content (AvgIpc) is 3.37. The Morgan fingerprint density at radius 1 is 0.927 bits per heavy atom. The molecule has 15 heteroatoms. The van der Waals surface area contributed by atoms with Gasteiger partial charge in [-0.15, -0.1) is 10.2 Å². The van der Waals surface area contributed by atoms with Gasteiger partial charge in [0.05, 0.1) is 43.6 Å². The van der Waals surface area contributed by atoms with E-state index in [4.69, 9.17) is 19.5 Å². The highest BCUT2D eigenvalue weighted by Crippen LogP contribution is 2.37. The first-order valence-electron chi connectivity index (χ1n) is 11.9. The second-order valence-electron chi connectivity index (χ2n) is 8.64. The van der Waals surface area contributed by atoms with Gasteiger partial charge in [-0.3, -0.25) is 9.29 Å². The molecule has 0 aliphatic rings. The molecule has 0 saturated heterocycles. The molecule has 1 N–H and O–H groups in total. The van der Waals surface area contributed by atoms with E-state index in [2.05, 4.69) is 19.9 Å². The number of benzene rings is 2. The predicted molar refractivity (Wildman–Crippen MR) is 150 cm³/mol. The minimum Gasteiger partial charge on any atom is -0.494 e. The number of para-hydroxylation sites is 1. The Kier molecular flexibility index (Phi) is 8.45. The van der Waals surface area contributed by atoms with E-state index in [1.165, 1.54) is 44.1 Å². The van der Waals surface area contributed by atoms with Crippen LogP contribution in [0.25, 0.3) is 17.2 Å². The number of ether oxygens (including phenoxy) is 3. The molecule has 2 aromatic heterocycles. The van der Waals surface area contributed by atoms with Crippen LogP contribution < -0.4 is 18.9 Å². The zero-order chi connectivity index (χ0) is 29.8. The van der Waals surface area contributed by atoms with Crippen LogP contribution in [0.5, 0.6) is 17.4 Å². The standard InChI is InChI=1S/C26H26N6O7S2/c1-37-20-8-6-9-21(38-2)24(20)32-25(19-7-5-10-23(28-19)39-3)29-30-26(32)31-41(35,36)14-13-18-12-11-17(16-27)15-22(18)40(4,33)34/h5-12,15H,13-14H2,1-4H3,(H,30,31). The van der Waals surface area contributed by atoms with E-state index in [-0.39, 0.29) is 34.2 Å². The summed E-state index contributed by atoms with van der Waals surface area (Å²) in [5.74, 6) is 0.458. The van der Waals surface area contributed by atoms with Crippen molar-refractivity contribution in [3.63, 3.8) is 0 Å². The lowest BCUT2D eigenvalue weighted by Gasteiger charge is -2.17. The van der Waals surface area contributed by atoms with Crippen molar-refractivity contribution in [2.45, 2.75) is 11.3 Å². The van der Waals surface area contributed by atoms with Crippen LogP contribution in [0.1, 0.15) is 11.1 Å². The summed E-state index contributed by atoms with van der Waals surface area (Å²) in [5.41, 5.74) is 1.04. The van der Waals surface area contributed by atoms with Crippen molar-refractivity contribution in [3.8, 4) is 40.7 Å². The van der Waals surface area contributed by atoms with Crippen molar-refractivity contribution in [2.24, 2.45) is 0 Å². The summed E-state index contributed by atoms with van der Waals surface area (Å²) in [7, 11) is -3.48. The lowest BCUT2D eigenvalue weighted by molar-refractivity contribution is 0.391. The molecule has 0 aliphatic heterocycles. The second kappa shape index (κ2) is 11.8. The Labute approximate surface area is 237 Å². The smallest absolute Gasteiger partial charge is 0.243 e. The third-order valence-electron chi connectivity index (χ3n) is 5.93. The molecule has 0 unspecified atom stereocenters. The molecule has 0 bridgehead atoms. The van der Waals surface area contributed by atoms with Gasteiger partial charge >= 0.3 is 0 Å². The van der Waals surface area contributed by atoms with Crippen LogP contribution in [-0.4, -0.2) is 69.9 Å². The number of nitriles is 1. The second-order valence-corrected chi connectivity index (χ2v) is 12.5. The maximum Gasteiger partial charge on any atom is 0.243 e. The largest absolute Gasteiger partial charge is 0.494 e. The van der Waals surface area contributed by atoms with E-state index in [9.17, 15) is 16.8 Å². The Balaban J connectivity index is 1.78. The summed E-state index contributed by atoms with van der Waals surface area (Å²) in [5, 5.41) is 17.5. The lowest BCUT2D eigenvalue weighted by atomic mass is 10.1. The van der Waals surface area contributed by atoms with Crippen LogP contribution >= 0.6 is 0 Å². The molecule has 0 radical (unpaired) electrons. The van der Waals surface area contributed by atoms with Crippen LogP contribution in [-0.2, 0) is 26.3 Å². The maximum absolute atomic E-state index is 13.3. The van der Waals surface area contributed by atoms with Crippen LogP contribution in [0.15, 0.2) is 59.5 Å². The molecule has 0 amide bonds. The highest BCUT2D eigenvalue weighted by Gasteiger charge is 2.26. The zero-order valence-electron chi connectivity index (χ0n) is 22.5. The molecule has 0 fully saturated rings. The minimum atomic E-state index is -4.12. The van der Waals surface area contributed by atoms with Gasteiger partial charge in [-0.2, -0.15) is 5.26 Å². The molecular formula is C26H26N6O7S2. The van der Waals surface area contributed by atoms with Gasteiger partial charge in [-0.1, -0.05) is 18.2 Å². The molecule has 41 heavy (non-hydrogen) atoms. The third kappa shape index (κ3) is 6.39.